The fourth-order valence-electron chi connectivity index (χ4n) is 1.12. The molecule has 0 heterocycles. The topological polar surface area (TPSA) is 20.2 Å². The zero-order valence-electron chi connectivity index (χ0n) is 7.93. The van der Waals surface area contributed by atoms with Gasteiger partial charge in [0.1, 0.15) is 0 Å². The van der Waals surface area contributed by atoms with Crippen LogP contribution in [0.1, 0.15) is 40.0 Å². The Morgan fingerprint density at radius 3 is 2.45 bits per heavy atom. The molecule has 0 aromatic rings. The van der Waals surface area contributed by atoms with E-state index >= 15 is 0 Å². The lowest BCUT2D eigenvalue weighted by molar-refractivity contribution is 0.145. The monoisotopic (exact) mass is 156 g/mol. The molecular formula is C10H20O. The summed E-state index contributed by atoms with van der Waals surface area (Å²) in [5, 5.41) is 9.46. The third-order valence-electron chi connectivity index (χ3n) is 1.96. The van der Waals surface area contributed by atoms with Crippen molar-refractivity contribution in [2.24, 2.45) is 5.92 Å². The zero-order chi connectivity index (χ0) is 8.85. The lowest BCUT2D eigenvalue weighted by Crippen LogP contribution is -2.11. The Morgan fingerprint density at radius 1 is 1.55 bits per heavy atom. The fraction of sp³-hybridized carbons (Fsp3) is 0.800. The first-order chi connectivity index (χ1) is 5.06. The van der Waals surface area contributed by atoms with Crippen LogP contribution >= 0.6 is 0 Å². The number of aliphatic hydroxyl groups excluding tert-OH is 1. The van der Waals surface area contributed by atoms with Gasteiger partial charge in [0.05, 0.1) is 6.10 Å². The standard InChI is InChI=1S/C10H20O/c1-5-9(4)7-10(11)6-8(2)3/h9-11H,2,5-7H2,1,3-4H3. The molecule has 0 aromatic carbocycles. The Labute approximate surface area is 70.1 Å². The molecule has 0 fully saturated rings. The highest BCUT2D eigenvalue weighted by Crippen LogP contribution is 2.14. The second-order valence-corrected chi connectivity index (χ2v) is 3.56. The predicted molar refractivity (Wildman–Crippen MR) is 49.5 cm³/mol. The third kappa shape index (κ3) is 6.11. The van der Waals surface area contributed by atoms with Crippen molar-refractivity contribution in [1.82, 2.24) is 0 Å². The molecule has 0 spiro atoms. The fourth-order valence-corrected chi connectivity index (χ4v) is 1.12. The van der Waals surface area contributed by atoms with E-state index in [1.807, 2.05) is 6.92 Å². The van der Waals surface area contributed by atoms with Crippen LogP contribution in [0.15, 0.2) is 12.2 Å². The highest BCUT2D eigenvalue weighted by Gasteiger charge is 2.08. The van der Waals surface area contributed by atoms with Gasteiger partial charge in [0.25, 0.3) is 0 Å². The summed E-state index contributed by atoms with van der Waals surface area (Å²) in [6.45, 7) is 10.0. The molecule has 0 saturated heterocycles. The van der Waals surface area contributed by atoms with Crippen molar-refractivity contribution in [3.63, 3.8) is 0 Å². The smallest absolute Gasteiger partial charge is 0.0579 e. The second kappa shape index (κ2) is 5.36. The number of aliphatic hydroxyl groups is 1. The van der Waals surface area contributed by atoms with Crippen LogP contribution in [0.5, 0.6) is 0 Å². The molecule has 1 heteroatoms. The van der Waals surface area contributed by atoms with Crippen LogP contribution in [0, 0.1) is 5.92 Å². The van der Waals surface area contributed by atoms with Gasteiger partial charge in [0, 0.05) is 0 Å². The Hall–Kier alpha value is -0.300. The van der Waals surface area contributed by atoms with Crippen LogP contribution in [0.25, 0.3) is 0 Å². The van der Waals surface area contributed by atoms with Crippen molar-refractivity contribution < 1.29 is 5.11 Å². The SMILES string of the molecule is C=C(C)CC(O)CC(C)CC. The van der Waals surface area contributed by atoms with Gasteiger partial charge in [-0.1, -0.05) is 25.8 Å². The predicted octanol–water partition coefficient (Wildman–Crippen LogP) is 2.75. The second-order valence-electron chi connectivity index (χ2n) is 3.56. The molecular weight excluding hydrogens is 136 g/mol. The number of rotatable bonds is 5. The Bertz CT molecular complexity index is 118. The van der Waals surface area contributed by atoms with Gasteiger partial charge in [-0.2, -0.15) is 0 Å². The molecule has 2 atom stereocenters. The molecule has 1 nitrogen and oxygen atoms in total. The first-order valence-corrected chi connectivity index (χ1v) is 4.38. The van der Waals surface area contributed by atoms with E-state index in [0.717, 1.165) is 24.8 Å². The first-order valence-electron chi connectivity index (χ1n) is 4.38. The molecule has 11 heavy (non-hydrogen) atoms. The largest absolute Gasteiger partial charge is 0.393 e. The summed E-state index contributed by atoms with van der Waals surface area (Å²) >= 11 is 0. The molecule has 2 unspecified atom stereocenters. The molecule has 1 N–H and O–H groups in total. The van der Waals surface area contributed by atoms with Crippen LogP contribution in [0.3, 0.4) is 0 Å². The Morgan fingerprint density at radius 2 is 2.09 bits per heavy atom. The Kier molecular flexibility index (Phi) is 5.22. The van der Waals surface area contributed by atoms with Crippen molar-refractivity contribution in [3.8, 4) is 0 Å². The molecule has 0 radical (unpaired) electrons. The summed E-state index contributed by atoms with van der Waals surface area (Å²) in [6, 6.07) is 0. The Balaban J connectivity index is 3.51. The summed E-state index contributed by atoms with van der Waals surface area (Å²) in [5.74, 6) is 0.629. The quantitative estimate of drug-likeness (QED) is 0.607. The van der Waals surface area contributed by atoms with Gasteiger partial charge in [0.2, 0.25) is 0 Å². The summed E-state index contributed by atoms with van der Waals surface area (Å²) in [7, 11) is 0. The van der Waals surface area contributed by atoms with Crippen molar-refractivity contribution in [3.05, 3.63) is 12.2 Å². The number of hydrogen-bond acceptors (Lipinski definition) is 1. The molecule has 0 aliphatic heterocycles. The van der Waals surface area contributed by atoms with Gasteiger partial charge in [-0.3, -0.25) is 0 Å². The minimum atomic E-state index is -0.178. The zero-order valence-corrected chi connectivity index (χ0v) is 7.93. The van der Waals surface area contributed by atoms with E-state index in [4.69, 9.17) is 0 Å². The lowest BCUT2D eigenvalue weighted by Gasteiger charge is -2.14. The van der Waals surface area contributed by atoms with E-state index in [2.05, 4.69) is 20.4 Å². The molecule has 0 bridgehead atoms. The van der Waals surface area contributed by atoms with Crippen molar-refractivity contribution in [2.45, 2.75) is 46.1 Å². The van der Waals surface area contributed by atoms with Crippen LogP contribution in [-0.2, 0) is 0 Å². The summed E-state index contributed by atoms with van der Waals surface area (Å²) < 4.78 is 0. The van der Waals surface area contributed by atoms with Gasteiger partial charge in [0.15, 0.2) is 0 Å². The molecule has 0 rings (SSSR count). The van der Waals surface area contributed by atoms with E-state index in [-0.39, 0.29) is 6.10 Å². The average molecular weight is 156 g/mol. The van der Waals surface area contributed by atoms with Crippen LogP contribution < -0.4 is 0 Å². The molecule has 0 aromatic heterocycles. The highest BCUT2D eigenvalue weighted by atomic mass is 16.3. The van der Waals surface area contributed by atoms with Gasteiger partial charge in [-0.25, -0.2) is 0 Å². The first kappa shape index (κ1) is 10.7. The van der Waals surface area contributed by atoms with Crippen molar-refractivity contribution in [2.75, 3.05) is 0 Å². The minimum absolute atomic E-state index is 0.178. The van der Waals surface area contributed by atoms with E-state index in [0.29, 0.717) is 5.92 Å². The molecule has 0 saturated carbocycles. The minimum Gasteiger partial charge on any atom is -0.393 e. The maximum absolute atomic E-state index is 9.46. The van der Waals surface area contributed by atoms with Gasteiger partial charge in [-0.15, -0.1) is 6.58 Å². The third-order valence-corrected chi connectivity index (χ3v) is 1.96. The average Bonchev–Trinajstić information content (AvgIpc) is 1.85. The maximum atomic E-state index is 9.46. The summed E-state index contributed by atoms with van der Waals surface area (Å²) in [4.78, 5) is 0. The van der Waals surface area contributed by atoms with E-state index in [1.165, 1.54) is 0 Å². The van der Waals surface area contributed by atoms with E-state index in [9.17, 15) is 5.11 Å². The van der Waals surface area contributed by atoms with Crippen LogP contribution in [-0.4, -0.2) is 11.2 Å². The number of hydrogen-bond donors (Lipinski definition) is 1. The normalized spacial score (nSPS) is 16.0. The molecule has 0 aliphatic carbocycles. The van der Waals surface area contributed by atoms with Gasteiger partial charge in [-0.05, 0) is 25.7 Å². The summed E-state index contributed by atoms with van der Waals surface area (Å²) in [5.41, 5.74) is 1.07. The molecule has 0 aliphatic rings. The van der Waals surface area contributed by atoms with Crippen molar-refractivity contribution in [1.29, 1.82) is 0 Å². The van der Waals surface area contributed by atoms with Gasteiger partial charge >= 0.3 is 0 Å². The molecule has 0 amide bonds. The lowest BCUT2D eigenvalue weighted by atomic mass is 9.98. The van der Waals surface area contributed by atoms with Gasteiger partial charge < -0.3 is 5.11 Å². The van der Waals surface area contributed by atoms with Crippen LogP contribution in [0.4, 0.5) is 0 Å². The van der Waals surface area contributed by atoms with E-state index in [1.54, 1.807) is 0 Å². The van der Waals surface area contributed by atoms with E-state index < -0.39 is 0 Å². The van der Waals surface area contributed by atoms with Crippen molar-refractivity contribution >= 4 is 0 Å². The molecule has 66 valence electrons. The highest BCUT2D eigenvalue weighted by molar-refractivity contribution is 4.90. The maximum Gasteiger partial charge on any atom is 0.0579 e. The van der Waals surface area contributed by atoms with Crippen LogP contribution in [0.2, 0.25) is 0 Å². The summed E-state index contributed by atoms with van der Waals surface area (Å²) in [6.07, 6.45) is 2.63.